The van der Waals surface area contributed by atoms with E-state index in [9.17, 15) is 14.4 Å². The van der Waals surface area contributed by atoms with Crippen LogP contribution in [0.1, 0.15) is 73.1 Å². The van der Waals surface area contributed by atoms with Crippen LogP contribution >= 0.6 is 0 Å². The van der Waals surface area contributed by atoms with E-state index in [2.05, 4.69) is 5.32 Å². The molecule has 8 nitrogen and oxygen atoms in total. The smallest absolute Gasteiger partial charge is 0.410 e. The van der Waals surface area contributed by atoms with E-state index in [0.717, 1.165) is 50.1 Å². The van der Waals surface area contributed by atoms with Gasteiger partial charge >= 0.3 is 6.09 Å². The first-order chi connectivity index (χ1) is 19.6. The van der Waals surface area contributed by atoms with Crippen molar-refractivity contribution in [2.24, 2.45) is 0 Å². The molecule has 2 aromatic carbocycles. The lowest BCUT2D eigenvalue weighted by molar-refractivity contribution is -0.119. The van der Waals surface area contributed by atoms with Gasteiger partial charge in [0, 0.05) is 49.9 Å². The van der Waals surface area contributed by atoms with E-state index in [1.54, 1.807) is 4.90 Å². The van der Waals surface area contributed by atoms with Crippen LogP contribution in [0.4, 0.5) is 16.2 Å². The highest BCUT2D eigenvalue weighted by atomic mass is 16.6. The standard InChI is InChI=1S/C19H28N2O3.C14H20N2O/c1-5-17(22)21(15-10-7-6-8-11-15)16-12-9-13-20(14-16)18(23)24-19(2,3)4;1-2-14(17)16(12-7-4-3-5-8-12)13-9-6-10-15-11-13/h6-8,10-11,16H,5,9,12-14H2,1-4H3;3-5,7-8,13,15H,2,6,9-11H2,1H3. The molecule has 2 atom stereocenters. The molecule has 0 saturated carbocycles. The van der Waals surface area contributed by atoms with Crippen LogP contribution in [0.2, 0.25) is 0 Å². The Morgan fingerprint density at radius 3 is 1.80 bits per heavy atom. The van der Waals surface area contributed by atoms with Gasteiger partial charge in [-0.2, -0.15) is 0 Å². The van der Waals surface area contributed by atoms with Gasteiger partial charge in [0.15, 0.2) is 0 Å². The van der Waals surface area contributed by atoms with Gasteiger partial charge in [-0.05, 0) is 77.3 Å². The third-order valence-electron chi connectivity index (χ3n) is 7.26. The van der Waals surface area contributed by atoms with E-state index in [1.165, 1.54) is 0 Å². The summed E-state index contributed by atoms with van der Waals surface area (Å²) in [6.45, 7) is 12.5. The van der Waals surface area contributed by atoms with Crippen molar-refractivity contribution in [1.29, 1.82) is 0 Å². The summed E-state index contributed by atoms with van der Waals surface area (Å²) in [4.78, 5) is 42.5. The van der Waals surface area contributed by atoms with Gasteiger partial charge in [0.1, 0.15) is 5.60 Å². The van der Waals surface area contributed by atoms with Crippen molar-refractivity contribution < 1.29 is 19.1 Å². The molecule has 2 aliphatic heterocycles. The number of rotatable bonds is 6. The number of amides is 3. The van der Waals surface area contributed by atoms with Crippen molar-refractivity contribution in [2.45, 2.75) is 90.8 Å². The summed E-state index contributed by atoms with van der Waals surface area (Å²) in [5.41, 5.74) is 1.40. The number of carbonyl (C=O) groups is 3. The predicted molar refractivity (Wildman–Crippen MR) is 165 cm³/mol. The maximum absolute atomic E-state index is 12.5. The normalized spacial score (nSPS) is 18.9. The molecule has 0 aliphatic carbocycles. The summed E-state index contributed by atoms with van der Waals surface area (Å²) in [5, 5.41) is 3.37. The molecule has 4 rings (SSSR count). The Hall–Kier alpha value is -3.39. The van der Waals surface area contributed by atoms with E-state index in [4.69, 9.17) is 4.74 Å². The molecule has 0 bridgehead atoms. The van der Waals surface area contributed by atoms with Crippen LogP contribution in [0, 0.1) is 0 Å². The minimum Gasteiger partial charge on any atom is -0.444 e. The van der Waals surface area contributed by atoms with Crippen molar-refractivity contribution in [3.05, 3.63) is 60.7 Å². The molecule has 41 heavy (non-hydrogen) atoms. The fraction of sp³-hybridized carbons (Fsp3) is 0.545. The molecule has 0 spiro atoms. The van der Waals surface area contributed by atoms with Gasteiger partial charge < -0.3 is 24.8 Å². The second-order valence-corrected chi connectivity index (χ2v) is 11.6. The van der Waals surface area contributed by atoms with E-state index >= 15 is 0 Å². The molecular weight excluding hydrogens is 516 g/mol. The van der Waals surface area contributed by atoms with Crippen molar-refractivity contribution in [3.63, 3.8) is 0 Å². The van der Waals surface area contributed by atoms with E-state index < -0.39 is 5.60 Å². The van der Waals surface area contributed by atoms with E-state index in [-0.39, 0.29) is 23.9 Å². The molecule has 2 heterocycles. The third kappa shape index (κ3) is 9.59. The number of benzene rings is 2. The van der Waals surface area contributed by atoms with Crippen LogP contribution in [-0.4, -0.2) is 66.7 Å². The van der Waals surface area contributed by atoms with E-state index in [0.29, 0.717) is 32.0 Å². The van der Waals surface area contributed by atoms with E-state index in [1.807, 2.05) is 105 Å². The molecule has 2 aliphatic rings. The number of likely N-dealkylation sites (tertiary alicyclic amines) is 1. The number of hydrogen-bond donors (Lipinski definition) is 1. The second kappa shape index (κ2) is 15.6. The molecule has 0 radical (unpaired) electrons. The zero-order chi connectivity index (χ0) is 29.8. The van der Waals surface area contributed by atoms with Gasteiger partial charge in [-0.1, -0.05) is 50.2 Å². The zero-order valence-corrected chi connectivity index (χ0v) is 25.5. The number of ether oxygens (including phenoxy) is 1. The highest BCUT2D eigenvalue weighted by molar-refractivity contribution is 5.94. The third-order valence-corrected chi connectivity index (χ3v) is 7.26. The van der Waals surface area contributed by atoms with Crippen molar-refractivity contribution in [3.8, 4) is 0 Å². The quantitative estimate of drug-likeness (QED) is 0.465. The lowest BCUT2D eigenvalue weighted by Crippen LogP contribution is -2.52. The number of anilines is 2. The molecule has 8 heteroatoms. The first-order valence-corrected chi connectivity index (χ1v) is 15.1. The van der Waals surface area contributed by atoms with Crippen LogP contribution in [-0.2, 0) is 14.3 Å². The fourth-order valence-electron chi connectivity index (χ4n) is 5.35. The van der Waals surface area contributed by atoms with Crippen LogP contribution in [0.3, 0.4) is 0 Å². The molecule has 224 valence electrons. The van der Waals surface area contributed by atoms with Crippen LogP contribution in [0.25, 0.3) is 0 Å². The molecule has 2 saturated heterocycles. The van der Waals surface area contributed by atoms with Gasteiger partial charge in [-0.15, -0.1) is 0 Å². The van der Waals surface area contributed by atoms with Gasteiger partial charge in [-0.3, -0.25) is 9.59 Å². The Kier molecular flexibility index (Phi) is 12.2. The number of nitrogens with one attached hydrogen (secondary N) is 1. The molecule has 2 fully saturated rings. The SMILES string of the molecule is CCC(=O)N(c1ccccc1)C1CCCN(C(=O)OC(C)(C)C)C1.CCC(=O)N(c1ccccc1)C1CCCNC1. The molecule has 2 unspecified atom stereocenters. The average Bonchev–Trinajstić information content (AvgIpc) is 2.98. The Morgan fingerprint density at radius 1 is 0.829 bits per heavy atom. The summed E-state index contributed by atoms with van der Waals surface area (Å²) < 4.78 is 5.48. The largest absolute Gasteiger partial charge is 0.444 e. The van der Waals surface area contributed by atoms with Crippen molar-refractivity contribution >= 4 is 29.3 Å². The van der Waals surface area contributed by atoms with Gasteiger partial charge in [0.2, 0.25) is 11.8 Å². The topological polar surface area (TPSA) is 82.2 Å². The van der Waals surface area contributed by atoms with Gasteiger partial charge in [0.05, 0.1) is 6.04 Å². The Bertz CT molecular complexity index is 1100. The summed E-state index contributed by atoms with van der Waals surface area (Å²) in [7, 11) is 0. The van der Waals surface area contributed by atoms with Gasteiger partial charge in [0.25, 0.3) is 0 Å². The molecule has 3 amide bonds. The Morgan fingerprint density at radius 2 is 1.34 bits per heavy atom. The minimum absolute atomic E-state index is 0.0129. The van der Waals surface area contributed by atoms with Gasteiger partial charge in [-0.25, -0.2) is 4.79 Å². The predicted octanol–water partition coefficient (Wildman–Crippen LogP) is 6.01. The summed E-state index contributed by atoms with van der Waals surface area (Å²) >= 11 is 0. The minimum atomic E-state index is -0.512. The Labute approximate surface area is 246 Å². The molecule has 2 aromatic rings. The lowest BCUT2D eigenvalue weighted by atomic mass is 10.0. The summed E-state index contributed by atoms with van der Waals surface area (Å²) in [6, 6.07) is 20.0. The molecular formula is C33H48N4O4. The van der Waals surface area contributed by atoms with Crippen LogP contribution < -0.4 is 15.1 Å². The first kappa shape index (κ1) is 32.1. The zero-order valence-electron chi connectivity index (χ0n) is 25.5. The lowest BCUT2D eigenvalue weighted by Gasteiger charge is -2.39. The molecule has 1 N–H and O–H groups in total. The number of para-hydroxylation sites is 2. The number of carbonyl (C=O) groups excluding carboxylic acids is 3. The van der Waals surface area contributed by atoms with Crippen LogP contribution in [0.5, 0.6) is 0 Å². The molecule has 0 aromatic heterocycles. The highest BCUT2D eigenvalue weighted by Gasteiger charge is 2.33. The average molecular weight is 565 g/mol. The second-order valence-electron chi connectivity index (χ2n) is 11.6. The monoisotopic (exact) mass is 564 g/mol. The fourth-order valence-corrected chi connectivity index (χ4v) is 5.35. The van der Waals surface area contributed by atoms with Crippen molar-refractivity contribution in [1.82, 2.24) is 10.2 Å². The number of nitrogens with zero attached hydrogens (tertiary/aromatic N) is 3. The maximum atomic E-state index is 12.5. The maximum Gasteiger partial charge on any atom is 0.410 e. The number of piperidine rings is 2. The highest BCUT2D eigenvalue weighted by Crippen LogP contribution is 2.25. The summed E-state index contributed by atoms with van der Waals surface area (Å²) in [6.07, 6.45) is 4.69. The van der Waals surface area contributed by atoms with Crippen molar-refractivity contribution in [2.75, 3.05) is 36.0 Å². The first-order valence-electron chi connectivity index (χ1n) is 15.1. The number of hydrogen-bond acceptors (Lipinski definition) is 5. The van der Waals surface area contributed by atoms with Crippen LogP contribution in [0.15, 0.2) is 60.7 Å². The Balaban J connectivity index is 0.000000239. The summed E-state index contributed by atoms with van der Waals surface area (Å²) in [5.74, 6) is 0.294.